The highest BCUT2D eigenvalue weighted by Crippen LogP contribution is 2.20. The third-order valence-electron chi connectivity index (χ3n) is 2.53. The van der Waals surface area contributed by atoms with Gasteiger partial charge >= 0.3 is 5.97 Å². The smallest absolute Gasteiger partial charge is 0.326 e. The third kappa shape index (κ3) is 6.03. The van der Waals surface area contributed by atoms with Gasteiger partial charge in [0.25, 0.3) is 0 Å². The number of benzene rings is 1. The van der Waals surface area contributed by atoms with Gasteiger partial charge in [-0.15, -0.1) is 0 Å². The second-order valence-electron chi connectivity index (χ2n) is 4.18. The lowest BCUT2D eigenvalue weighted by Gasteiger charge is -2.15. The van der Waals surface area contributed by atoms with Crippen LogP contribution in [0, 0.1) is 0 Å². The van der Waals surface area contributed by atoms with Crippen LogP contribution in [0.2, 0.25) is 10.0 Å². The lowest BCUT2D eigenvalue weighted by Crippen LogP contribution is -2.42. The van der Waals surface area contributed by atoms with Crippen LogP contribution < -0.4 is 5.32 Å². The highest BCUT2D eigenvalue weighted by atomic mass is 35.5. The average Bonchev–Trinajstić information content (AvgIpc) is 2.34. The first-order chi connectivity index (χ1) is 9.42. The molecule has 1 unspecified atom stereocenters. The van der Waals surface area contributed by atoms with Crippen LogP contribution >= 0.6 is 35.0 Å². The number of nitrogens with one attached hydrogen (secondary N) is 1. The van der Waals surface area contributed by atoms with Crippen molar-refractivity contribution in [3.63, 3.8) is 0 Å². The summed E-state index contributed by atoms with van der Waals surface area (Å²) in [5.41, 5.74) is 0.667. The summed E-state index contributed by atoms with van der Waals surface area (Å²) in [7, 11) is 0. The van der Waals surface area contributed by atoms with Crippen LogP contribution in [-0.2, 0) is 16.0 Å². The van der Waals surface area contributed by atoms with E-state index in [9.17, 15) is 9.59 Å². The predicted molar refractivity (Wildman–Crippen MR) is 82.7 cm³/mol. The maximum Gasteiger partial charge on any atom is 0.326 e. The summed E-state index contributed by atoms with van der Waals surface area (Å²) in [6.45, 7) is 0. The quantitative estimate of drug-likeness (QED) is 0.804. The lowest BCUT2D eigenvalue weighted by molar-refractivity contribution is -0.141. The maximum absolute atomic E-state index is 11.6. The van der Waals surface area contributed by atoms with Crippen molar-refractivity contribution in [3.05, 3.63) is 33.8 Å². The van der Waals surface area contributed by atoms with E-state index in [1.165, 1.54) is 11.8 Å². The van der Waals surface area contributed by atoms with Gasteiger partial charge in [0.2, 0.25) is 5.91 Å². The Hall–Kier alpha value is -0.910. The fourth-order valence-corrected chi connectivity index (χ4v) is 2.59. The van der Waals surface area contributed by atoms with Crippen LogP contribution in [0.25, 0.3) is 0 Å². The monoisotopic (exact) mass is 335 g/mol. The Labute approximate surface area is 131 Å². The van der Waals surface area contributed by atoms with Gasteiger partial charge in [-0.05, 0) is 30.0 Å². The van der Waals surface area contributed by atoms with Gasteiger partial charge in [0, 0.05) is 28.6 Å². The molecule has 0 aromatic heterocycles. The van der Waals surface area contributed by atoms with Gasteiger partial charge in [0.1, 0.15) is 6.04 Å². The molecule has 1 amide bonds. The third-order valence-corrected chi connectivity index (χ3v) is 3.58. The van der Waals surface area contributed by atoms with Crippen LogP contribution in [0.5, 0.6) is 0 Å². The van der Waals surface area contributed by atoms with Crippen LogP contribution in [0.4, 0.5) is 0 Å². The number of carbonyl (C=O) groups is 2. The molecule has 0 bridgehead atoms. The number of thioether (sulfide) groups is 1. The maximum atomic E-state index is 11.6. The van der Waals surface area contributed by atoms with Crippen LogP contribution in [0.3, 0.4) is 0 Å². The minimum atomic E-state index is -1.08. The number of amides is 1. The van der Waals surface area contributed by atoms with Crippen LogP contribution in [-0.4, -0.2) is 35.0 Å². The molecule has 1 rings (SSSR count). The molecule has 7 heteroatoms. The van der Waals surface area contributed by atoms with Crippen LogP contribution in [0.1, 0.15) is 12.0 Å². The standard InChI is InChI=1S/C13H15Cl2NO3S/c1-20-3-2-12(17)16-11(13(18)19)6-8-4-9(14)7-10(15)5-8/h4-5,7,11H,2-3,6H2,1H3,(H,16,17)(H,18,19). The van der Waals surface area contributed by atoms with E-state index in [1.54, 1.807) is 18.2 Å². The molecular formula is C13H15Cl2NO3S. The molecule has 1 aromatic rings. The molecular weight excluding hydrogens is 321 g/mol. The van der Waals surface area contributed by atoms with E-state index < -0.39 is 12.0 Å². The Morgan fingerprint density at radius 3 is 2.40 bits per heavy atom. The average molecular weight is 336 g/mol. The second kappa shape index (κ2) is 8.39. The first-order valence-electron chi connectivity index (χ1n) is 5.88. The van der Waals surface area contributed by atoms with Crippen molar-refractivity contribution in [2.75, 3.05) is 12.0 Å². The Balaban J connectivity index is 2.72. The molecule has 0 radical (unpaired) electrons. The van der Waals surface area contributed by atoms with Gasteiger partial charge in [-0.2, -0.15) is 11.8 Å². The minimum Gasteiger partial charge on any atom is -0.480 e. The number of carboxylic acids is 1. The Kier molecular flexibility index (Phi) is 7.19. The Bertz CT molecular complexity index is 476. The number of hydrogen-bond acceptors (Lipinski definition) is 3. The van der Waals surface area contributed by atoms with E-state index >= 15 is 0 Å². The van der Waals surface area contributed by atoms with Gasteiger partial charge in [-0.3, -0.25) is 4.79 Å². The van der Waals surface area contributed by atoms with Gasteiger partial charge in [-0.25, -0.2) is 4.79 Å². The highest BCUT2D eigenvalue weighted by Gasteiger charge is 2.20. The number of halogens is 2. The first kappa shape index (κ1) is 17.1. The van der Waals surface area contributed by atoms with E-state index in [-0.39, 0.29) is 12.3 Å². The molecule has 110 valence electrons. The molecule has 0 fully saturated rings. The van der Waals surface area contributed by atoms with E-state index in [2.05, 4.69) is 5.32 Å². The summed E-state index contributed by atoms with van der Waals surface area (Å²) >= 11 is 13.3. The van der Waals surface area contributed by atoms with Crippen molar-refractivity contribution < 1.29 is 14.7 Å². The zero-order chi connectivity index (χ0) is 15.1. The molecule has 2 N–H and O–H groups in total. The topological polar surface area (TPSA) is 66.4 Å². The van der Waals surface area contributed by atoms with Crippen molar-refractivity contribution in [2.24, 2.45) is 0 Å². The molecule has 0 spiro atoms. The van der Waals surface area contributed by atoms with E-state index in [4.69, 9.17) is 28.3 Å². The lowest BCUT2D eigenvalue weighted by atomic mass is 10.1. The molecule has 0 aliphatic rings. The summed E-state index contributed by atoms with van der Waals surface area (Å²) in [5.74, 6) is -0.709. The van der Waals surface area contributed by atoms with E-state index in [1.807, 2.05) is 6.26 Å². The molecule has 1 atom stereocenters. The largest absolute Gasteiger partial charge is 0.480 e. The molecule has 20 heavy (non-hydrogen) atoms. The van der Waals surface area contributed by atoms with E-state index in [0.717, 1.165) is 0 Å². The number of hydrogen-bond donors (Lipinski definition) is 2. The van der Waals surface area contributed by atoms with Crippen molar-refractivity contribution in [2.45, 2.75) is 18.9 Å². The molecule has 0 heterocycles. The summed E-state index contributed by atoms with van der Waals surface area (Å²) in [6.07, 6.45) is 2.32. The number of aliphatic carboxylic acids is 1. The Morgan fingerprint density at radius 2 is 1.90 bits per heavy atom. The van der Waals surface area contributed by atoms with Crippen molar-refractivity contribution >= 4 is 46.8 Å². The second-order valence-corrected chi connectivity index (χ2v) is 6.04. The first-order valence-corrected chi connectivity index (χ1v) is 8.03. The van der Waals surface area contributed by atoms with Gasteiger partial charge < -0.3 is 10.4 Å². The fourth-order valence-electron chi connectivity index (χ4n) is 1.63. The molecule has 0 aliphatic carbocycles. The minimum absolute atomic E-state index is 0.140. The number of carbonyl (C=O) groups excluding carboxylic acids is 1. The highest BCUT2D eigenvalue weighted by molar-refractivity contribution is 7.98. The fraction of sp³-hybridized carbons (Fsp3) is 0.385. The Morgan fingerprint density at radius 1 is 1.30 bits per heavy atom. The summed E-state index contributed by atoms with van der Waals surface area (Å²) < 4.78 is 0. The number of carboxylic acid groups (broad SMARTS) is 1. The van der Waals surface area contributed by atoms with Gasteiger partial charge in [0.15, 0.2) is 0 Å². The molecule has 0 aliphatic heterocycles. The molecule has 1 aromatic carbocycles. The molecule has 0 saturated heterocycles. The summed E-state index contributed by atoms with van der Waals surface area (Å²) in [4.78, 5) is 22.8. The summed E-state index contributed by atoms with van der Waals surface area (Å²) in [6, 6.07) is 3.85. The van der Waals surface area contributed by atoms with Gasteiger partial charge in [-0.1, -0.05) is 23.2 Å². The van der Waals surface area contributed by atoms with Crippen molar-refractivity contribution in [1.82, 2.24) is 5.32 Å². The SMILES string of the molecule is CSCCC(=O)NC(Cc1cc(Cl)cc(Cl)c1)C(=O)O. The van der Waals surface area contributed by atoms with Crippen LogP contribution in [0.15, 0.2) is 18.2 Å². The van der Waals surface area contributed by atoms with Crippen molar-refractivity contribution in [3.8, 4) is 0 Å². The normalized spacial score (nSPS) is 11.9. The predicted octanol–water partition coefficient (Wildman–Crippen LogP) is 2.86. The zero-order valence-electron chi connectivity index (χ0n) is 10.9. The molecule has 0 saturated carbocycles. The summed E-state index contributed by atoms with van der Waals surface area (Å²) in [5, 5.41) is 12.5. The zero-order valence-corrected chi connectivity index (χ0v) is 13.2. The molecule has 4 nitrogen and oxygen atoms in total. The van der Waals surface area contributed by atoms with Gasteiger partial charge in [0.05, 0.1) is 0 Å². The van der Waals surface area contributed by atoms with Crippen molar-refractivity contribution in [1.29, 1.82) is 0 Å². The van der Waals surface area contributed by atoms with E-state index in [0.29, 0.717) is 27.8 Å². The number of rotatable bonds is 7.